The summed E-state index contributed by atoms with van der Waals surface area (Å²) in [5.41, 5.74) is 0.656. The molecule has 1 N–H and O–H groups in total. The van der Waals surface area contributed by atoms with Gasteiger partial charge in [-0.15, -0.1) is 0 Å². The summed E-state index contributed by atoms with van der Waals surface area (Å²) in [4.78, 5) is 23.7. The molecule has 25 heavy (non-hydrogen) atoms. The van der Waals surface area contributed by atoms with Gasteiger partial charge < -0.3 is 19.6 Å². The lowest BCUT2D eigenvalue weighted by atomic mass is 9.83. The van der Waals surface area contributed by atoms with Crippen molar-refractivity contribution >= 4 is 11.6 Å². The Hall–Kier alpha value is -1.72. The Bertz CT molecular complexity index is 557. The number of nitrogens with one attached hydrogen (secondary N) is 1. The molecule has 5 nitrogen and oxygen atoms in total. The molecule has 1 aromatic carbocycles. The minimum absolute atomic E-state index is 0.0910. The van der Waals surface area contributed by atoms with Gasteiger partial charge in [0.15, 0.2) is 5.78 Å². The number of ketones is 2. The van der Waals surface area contributed by atoms with Crippen molar-refractivity contribution in [1.82, 2.24) is 5.32 Å². The highest BCUT2D eigenvalue weighted by Crippen LogP contribution is 2.34. The van der Waals surface area contributed by atoms with Gasteiger partial charge in [-0.1, -0.05) is 25.5 Å². The highest BCUT2D eigenvalue weighted by atomic mass is 16.5. The van der Waals surface area contributed by atoms with Crippen LogP contribution in [0.4, 0.5) is 0 Å². The van der Waals surface area contributed by atoms with Crippen molar-refractivity contribution in [3.8, 4) is 5.75 Å². The first kappa shape index (κ1) is 19.6. The number of morpholine rings is 1. The maximum atomic E-state index is 12.5. The maximum Gasteiger partial charge on any atom is 0.173 e. The molecule has 0 bridgehead atoms. The van der Waals surface area contributed by atoms with Crippen molar-refractivity contribution in [3.63, 3.8) is 0 Å². The number of Topliss-reactive ketones (excluding diaryl/α,β-unsaturated/α-hetero) is 2. The van der Waals surface area contributed by atoms with E-state index in [9.17, 15) is 9.59 Å². The zero-order chi connectivity index (χ0) is 18.1. The highest BCUT2D eigenvalue weighted by Gasteiger charge is 2.36. The highest BCUT2D eigenvalue weighted by molar-refractivity contribution is 6.01. The molecule has 138 valence electrons. The second-order valence-corrected chi connectivity index (χ2v) is 6.51. The molecule has 5 heteroatoms. The summed E-state index contributed by atoms with van der Waals surface area (Å²) in [6.07, 6.45) is 2.76. The smallest absolute Gasteiger partial charge is 0.173 e. The predicted octanol–water partition coefficient (Wildman–Crippen LogP) is 3.02. The monoisotopic (exact) mass is 347 g/mol. The molecule has 1 aromatic rings. The Balaban J connectivity index is 0.000000316. The van der Waals surface area contributed by atoms with Crippen molar-refractivity contribution in [2.75, 3.05) is 26.3 Å². The minimum Gasteiger partial charge on any atom is -0.489 e. The van der Waals surface area contributed by atoms with Gasteiger partial charge in [0.1, 0.15) is 17.6 Å². The van der Waals surface area contributed by atoms with Gasteiger partial charge >= 0.3 is 0 Å². The SMILES string of the molecule is C1COCCN1.CCCC1Oc2ccccc2C(=O)C1CCC(C)=O. The molecule has 0 spiro atoms. The van der Waals surface area contributed by atoms with Gasteiger partial charge in [-0.05, 0) is 31.9 Å². The Morgan fingerprint density at radius 3 is 2.48 bits per heavy atom. The lowest BCUT2D eigenvalue weighted by Gasteiger charge is -2.32. The summed E-state index contributed by atoms with van der Waals surface area (Å²) >= 11 is 0. The van der Waals surface area contributed by atoms with Crippen molar-refractivity contribution in [3.05, 3.63) is 29.8 Å². The number of rotatable bonds is 5. The van der Waals surface area contributed by atoms with E-state index in [0.717, 1.165) is 39.1 Å². The summed E-state index contributed by atoms with van der Waals surface area (Å²) in [6, 6.07) is 7.38. The number of carbonyl (C=O) groups is 2. The average molecular weight is 347 g/mol. The van der Waals surface area contributed by atoms with Crippen LogP contribution in [-0.2, 0) is 9.53 Å². The van der Waals surface area contributed by atoms with Crippen LogP contribution in [0.2, 0.25) is 0 Å². The first-order valence-electron chi connectivity index (χ1n) is 9.21. The van der Waals surface area contributed by atoms with Crippen molar-refractivity contribution < 1.29 is 19.1 Å². The fourth-order valence-electron chi connectivity index (χ4n) is 3.12. The predicted molar refractivity (Wildman–Crippen MR) is 97.2 cm³/mol. The molecule has 2 atom stereocenters. The molecule has 2 heterocycles. The fraction of sp³-hybridized carbons (Fsp3) is 0.600. The van der Waals surface area contributed by atoms with E-state index in [1.807, 2.05) is 18.2 Å². The van der Waals surface area contributed by atoms with Crippen LogP contribution in [0.3, 0.4) is 0 Å². The number of fused-ring (bicyclic) bond motifs is 1. The normalized spacial score (nSPS) is 22.2. The number of hydrogen-bond donors (Lipinski definition) is 1. The Labute approximate surface area is 150 Å². The third kappa shape index (κ3) is 5.94. The van der Waals surface area contributed by atoms with Gasteiger partial charge in [0, 0.05) is 19.5 Å². The van der Waals surface area contributed by atoms with Gasteiger partial charge in [0.05, 0.1) is 24.7 Å². The minimum atomic E-state index is -0.182. The van der Waals surface area contributed by atoms with Crippen molar-refractivity contribution in [2.45, 2.75) is 45.6 Å². The van der Waals surface area contributed by atoms with Crippen LogP contribution in [0.15, 0.2) is 24.3 Å². The van der Waals surface area contributed by atoms with Crippen LogP contribution in [-0.4, -0.2) is 44.0 Å². The molecule has 0 aliphatic carbocycles. The lowest BCUT2D eigenvalue weighted by molar-refractivity contribution is -0.117. The molecule has 1 saturated heterocycles. The first-order chi connectivity index (χ1) is 12.1. The molecule has 1 fully saturated rings. The van der Waals surface area contributed by atoms with E-state index in [2.05, 4.69) is 12.2 Å². The van der Waals surface area contributed by atoms with E-state index in [4.69, 9.17) is 9.47 Å². The van der Waals surface area contributed by atoms with E-state index < -0.39 is 0 Å². The first-order valence-corrected chi connectivity index (χ1v) is 9.21. The molecule has 0 amide bonds. The van der Waals surface area contributed by atoms with Crippen LogP contribution < -0.4 is 10.1 Å². The number of para-hydroxylation sites is 1. The van der Waals surface area contributed by atoms with Crippen LogP contribution in [0.25, 0.3) is 0 Å². The lowest BCUT2D eigenvalue weighted by Crippen LogP contribution is -2.38. The molecule has 2 unspecified atom stereocenters. The Kier molecular flexibility index (Phi) is 8.09. The van der Waals surface area contributed by atoms with E-state index >= 15 is 0 Å². The standard InChI is InChI=1S/C16H20O3.C4H9NO/c1-3-6-14-13(10-9-11(2)17)16(18)12-7-4-5-8-15(12)19-14;1-3-6-4-2-5-1/h4-5,7-8,13-14H,3,6,9-10H2,1-2H3;5H,1-4H2. The fourth-order valence-corrected chi connectivity index (χ4v) is 3.12. The molecular weight excluding hydrogens is 318 g/mol. The largest absolute Gasteiger partial charge is 0.489 e. The second kappa shape index (κ2) is 10.3. The quantitative estimate of drug-likeness (QED) is 0.887. The summed E-state index contributed by atoms with van der Waals surface area (Å²) in [6.45, 7) is 7.48. The number of benzene rings is 1. The van der Waals surface area contributed by atoms with Crippen LogP contribution in [0, 0.1) is 5.92 Å². The number of carbonyl (C=O) groups excluding carboxylic acids is 2. The molecule has 0 aromatic heterocycles. The third-order valence-electron chi connectivity index (χ3n) is 4.44. The van der Waals surface area contributed by atoms with Crippen LogP contribution in [0.5, 0.6) is 5.75 Å². The van der Waals surface area contributed by atoms with Gasteiger partial charge in [-0.3, -0.25) is 4.79 Å². The van der Waals surface area contributed by atoms with E-state index in [-0.39, 0.29) is 23.6 Å². The second-order valence-electron chi connectivity index (χ2n) is 6.51. The Morgan fingerprint density at radius 2 is 1.92 bits per heavy atom. The van der Waals surface area contributed by atoms with E-state index in [0.29, 0.717) is 24.2 Å². The molecule has 3 rings (SSSR count). The average Bonchev–Trinajstić information content (AvgIpc) is 2.63. The van der Waals surface area contributed by atoms with Gasteiger partial charge in [-0.25, -0.2) is 0 Å². The van der Waals surface area contributed by atoms with Crippen molar-refractivity contribution in [1.29, 1.82) is 0 Å². The van der Waals surface area contributed by atoms with E-state index in [1.165, 1.54) is 0 Å². The van der Waals surface area contributed by atoms with E-state index in [1.54, 1.807) is 13.0 Å². The zero-order valence-corrected chi connectivity index (χ0v) is 15.3. The number of hydrogen-bond acceptors (Lipinski definition) is 5. The maximum absolute atomic E-state index is 12.5. The molecule has 0 radical (unpaired) electrons. The third-order valence-corrected chi connectivity index (χ3v) is 4.44. The molecule has 0 saturated carbocycles. The molecule has 2 aliphatic rings. The zero-order valence-electron chi connectivity index (χ0n) is 15.3. The summed E-state index contributed by atoms with van der Waals surface area (Å²) < 4.78 is 11.0. The summed E-state index contributed by atoms with van der Waals surface area (Å²) in [7, 11) is 0. The molecule has 2 aliphatic heterocycles. The van der Waals surface area contributed by atoms with Crippen LogP contribution in [0.1, 0.15) is 49.9 Å². The van der Waals surface area contributed by atoms with Gasteiger partial charge in [0.25, 0.3) is 0 Å². The summed E-state index contributed by atoms with van der Waals surface area (Å²) in [5.74, 6) is 0.757. The Morgan fingerprint density at radius 1 is 1.20 bits per heavy atom. The topological polar surface area (TPSA) is 64.6 Å². The van der Waals surface area contributed by atoms with Gasteiger partial charge in [-0.2, -0.15) is 0 Å². The summed E-state index contributed by atoms with van der Waals surface area (Å²) in [5, 5.41) is 3.16. The van der Waals surface area contributed by atoms with Crippen LogP contribution >= 0.6 is 0 Å². The van der Waals surface area contributed by atoms with Gasteiger partial charge in [0.2, 0.25) is 0 Å². The molecular formula is C20H29NO4. The number of ether oxygens (including phenoxy) is 2. The van der Waals surface area contributed by atoms with Crippen molar-refractivity contribution in [2.24, 2.45) is 5.92 Å².